The number of halogens is 1. The number of benzene rings is 2. The van der Waals surface area contributed by atoms with Gasteiger partial charge in [-0.1, -0.05) is 12.1 Å². The number of nitrogens with one attached hydrogen (secondary N) is 2. The number of pyridine rings is 1. The van der Waals surface area contributed by atoms with Gasteiger partial charge in [-0.05, 0) is 73.5 Å². The molecule has 1 aromatic heterocycles. The van der Waals surface area contributed by atoms with Gasteiger partial charge in [-0.25, -0.2) is 4.39 Å². The third-order valence-corrected chi connectivity index (χ3v) is 5.23. The molecule has 0 amide bonds. The van der Waals surface area contributed by atoms with Crippen molar-refractivity contribution in [3.8, 4) is 5.75 Å². The van der Waals surface area contributed by atoms with Crippen molar-refractivity contribution in [1.82, 2.24) is 10.3 Å². The molecular weight excluding hydrogens is 355 g/mol. The lowest BCUT2D eigenvalue weighted by atomic mass is 10.0. The lowest BCUT2D eigenvalue weighted by Gasteiger charge is -2.25. The summed E-state index contributed by atoms with van der Waals surface area (Å²) in [6.07, 6.45) is 3.85. The first kappa shape index (κ1) is 17.0. The monoisotopic (exact) mass is 376 g/mol. The third kappa shape index (κ3) is 3.16. The maximum absolute atomic E-state index is 13.3. The van der Waals surface area contributed by atoms with Crippen LogP contribution in [0.1, 0.15) is 36.3 Å². The third-order valence-electron chi connectivity index (χ3n) is 5.23. The van der Waals surface area contributed by atoms with E-state index >= 15 is 0 Å². The SMILES string of the molecule is Fc1ccc(ON2c3ccc(C4CCCN4)cc3NC2c2ccccn2)cc1. The Balaban J connectivity index is 1.50. The fraction of sp³-hybridized carbons (Fsp3) is 0.227. The van der Waals surface area contributed by atoms with E-state index in [1.165, 1.54) is 24.1 Å². The maximum Gasteiger partial charge on any atom is 0.178 e. The fourth-order valence-corrected chi connectivity index (χ4v) is 3.83. The normalized spacial score (nSPS) is 20.7. The van der Waals surface area contributed by atoms with Crippen LogP contribution in [-0.2, 0) is 0 Å². The summed E-state index contributed by atoms with van der Waals surface area (Å²) in [6, 6.07) is 18.6. The Kier molecular flexibility index (Phi) is 4.33. The number of nitrogens with zero attached hydrogens (tertiary/aromatic N) is 2. The average Bonchev–Trinajstić information content (AvgIpc) is 3.39. The molecule has 0 aliphatic carbocycles. The molecule has 1 fully saturated rings. The van der Waals surface area contributed by atoms with Crippen LogP contribution < -0.4 is 20.5 Å². The lowest BCUT2D eigenvalue weighted by Crippen LogP contribution is -2.31. The van der Waals surface area contributed by atoms with E-state index in [0.29, 0.717) is 11.8 Å². The molecule has 0 saturated carbocycles. The van der Waals surface area contributed by atoms with Gasteiger partial charge in [0.15, 0.2) is 11.9 Å². The first-order valence-electron chi connectivity index (χ1n) is 9.55. The van der Waals surface area contributed by atoms with E-state index in [1.54, 1.807) is 23.4 Å². The highest BCUT2D eigenvalue weighted by atomic mass is 19.1. The van der Waals surface area contributed by atoms with Crippen LogP contribution in [0, 0.1) is 5.82 Å². The van der Waals surface area contributed by atoms with Gasteiger partial charge in [-0.3, -0.25) is 4.98 Å². The van der Waals surface area contributed by atoms with Gasteiger partial charge in [-0.15, -0.1) is 0 Å². The van der Waals surface area contributed by atoms with E-state index in [0.717, 1.165) is 30.0 Å². The lowest BCUT2D eigenvalue weighted by molar-refractivity contribution is 0.257. The van der Waals surface area contributed by atoms with Crippen molar-refractivity contribution in [3.05, 3.63) is 83.9 Å². The Labute approximate surface area is 163 Å². The summed E-state index contributed by atoms with van der Waals surface area (Å²) in [5, 5.41) is 8.88. The molecular formula is C22H21FN4O. The van der Waals surface area contributed by atoms with Gasteiger partial charge in [0.05, 0.1) is 11.4 Å². The molecule has 2 unspecified atom stereocenters. The fourth-order valence-electron chi connectivity index (χ4n) is 3.83. The molecule has 2 aromatic carbocycles. The number of aromatic nitrogens is 1. The van der Waals surface area contributed by atoms with Gasteiger partial charge in [0, 0.05) is 12.2 Å². The molecule has 0 radical (unpaired) electrons. The Hall–Kier alpha value is -3.12. The first-order chi connectivity index (χ1) is 13.8. The van der Waals surface area contributed by atoms with E-state index in [1.807, 2.05) is 18.2 Å². The summed E-state index contributed by atoms with van der Waals surface area (Å²) in [5.74, 6) is 0.279. The van der Waals surface area contributed by atoms with E-state index in [2.05, 4.69) is 33.8 Å². The van der Waals surface area contributed by atoms with Crippen molar-refractivity contribution in [1.29, 1.82) is 0 Å². The van der Waals surface area contributed by atoms with Crippen LogP contribution in [0.4, 0.5) is 15.8 Å². The second-order valence-electron chi connectivity index (χ2n) is 7.10. The molecule has 5 nitrogen and oxygen atoms in total. The smallest absolute Gasteiger partial charge is 0.178 e. The van der Waals surface area contributed by atoms with Crippen LogP contribution in [0.25, 0.3) is 0 Å². The highest BCUT2D eigenvalue weighted by Crippen LogP contribution is 2.43. The standard InChI is InChI=1S/C22H21FN4O/c23-16-7-9-17(10-8-16)28-27-21-11-6-15(18-5-3-13-24-18)14-20(21)26-22(27)19-4-1-2-12-25-19/h1-2,4,6-12,14,18,22,24,26H,3,5,13H2. The van der Waals surface area contributed by atoms with Gasteiger partial charge in [0.2, 0.25) is 0 Å². The van der Waals surface area contributed by atoms with Gasteiger partial charge in [0.25, 0.3) is 0 Å². The average molecular weight is 376 g/mol. The Morgan fingerprint density at radius 1 is 1.07 bits per heavy atom. The number of hydroxylamine groups is 1. The summed E-state index contributed by atoms with van der Waals surface area (Å²) < 4.78 is 13.3. The minimum absolute atomic E-state index is 0.270. The molecule has 28 heavy (non-hydrogen) atoms. The van der Waals surface area contributed by atoms with Crippen molar-refractivity contribution in [3.63, 3.8) is 0 Å². The molecule has 2 atom stereocenters. The molecule has 3 aromatic rings. The van der Waals surface area contributed by atoms with E-state index < -0.39 is 0 Å². The van der Waals surface area contributed by atoms with Crippen LogP contribution in [-0.4, -0.2) is 11.5 Å². The van der Waals surface area contributed by atoms with Crippen molar-refractivity contribution in [2.75, 3.05) is 16.9 Å². The molecule has 2 aliphatic heterocycles. The van der Waals surface area contributed by atoms with Crippen LogP contribution in [0.2, 0.25) is 0 Å². The van der Waals surface area contributed by atoms with Crippen molar-refractivity contribution < 1.29 is 9.23 Å². The summed E-state index contributed by atoms with van der Waals surface area (Å²) in [7, 11) is 0. The zero-order chi connectivity index (χ0) is 18.9. The van der Waals surface area contributed by atoms with Crippen LogP contribution >= 0.6 is 0 Å². The largest absolute Gasteiger partial charge is 0.377 e. The number of anilines is 2. The van der Waals surface area contributed by atoms with Crippen molar-refractivity contribution in [2.45, 2.75) is 25.0 Å². The summed E-state index contributed by atoms with van der Waals surface area (Å²) in [5.41, 5.74) is 4.05. The second kappa shape index (κ2) is 7.13. The second-order valence-corrected chi connectivity index (χ2v) is 7.10. The topological polar surface area (TPSA) is 49.4 Å². The number of fused-ring (bicyclic) bond motifs is 1. The van der Waals surface area contributed by atoms with Crippen LogP contribution in [0.3, 0.4) is 0 Å². The Morgan fingerprint density at radius 3 is 2.71 bits per heavy atom. The number of hydrogen-bond acceptors (Lipinski definition) is 5. The predicted octanol–water partition coefficient (Wildman–Crippen LogP) is 4.57. The highest BCUT2D eigenvalue weighted by molar-refractivity contribution is 5.76. The first-order valence-corrected chi connectivity index (χ1v) is 9.55. The Morgan fingerprint density at radius 2 is 1.96 bits per heavy atom. The summed E-state index contributed by atoms with van der Waals surface area (Å²) >= 11 is 0. The van der Waals surface area contributed by atoms with E-state index in [-0.39, 0.29) is 12.0 Å². The molecule has 6 heteroatoms. The van der Waals surface area contributed by atoms with Gasteiger partial charge in [0.1, 0.15) is 11.5 Å². The number of rotatable bonds is 4. The minimum Gasteiger partial charge on any atom is -0.377 e. The van der Waals surface area contributed by atoms with Crippen LogP contribution in [0.5, 0.6) is 5.75 Å². The quantitative estimate of drug-likeness (QED) is 0.699. The minimum atomic E-state index is -0.290. The maximum atomic E-state index is 13.3. The van der Waals surface area contributed by atoms with Gasteiger partial charge in [-0.2, -0.15) is 5.06 Å². The molecule has 3 heterocycles. The molecule has 5 rings (SSSR count). The molecule has 1 saturated heterocycles. The number of hydrogen-bond donors (Lipinski definition) is 2. The van der Waals surface area contributed by atoms with Gasteiger partial charge >= 0.3 is 0 Å². The predicted molar refractivity (Wildman–Crippen MR) is 107 cm³/mol. The molecule has 0 bridgehead atoms. The van der Waals surface area contributed by atoms with Crippen molar-refractivity contribution in [2.24, 2.45) is 0 Å². The van der Waals surface area contributed by atoms with E-state index in [4.69, 9.17) is 4.84 Å². The molecule has 2 aliphatic rings. The zero-order valence-electron chi connectivity index (χ0n) is 15.3. The van der Waals surface area contributed by atoms with Crippen molar-refractivity contribution >= 4 is 11.4 Å². The van der Waals surface area contributed by atoms with Crippen LogP contribution in [0.15, 0.2) is 66.9 Å². The molecule has 2 N–H and O–H groups in total. The summed E-state index contributed by atoms with van der Waals surface area (Å²) in [6.45, 7) is 1.06. The Bertz CT molecular complexity index is 958. The van der Waals surface area contributed by atoms with Gasteiger partial charge < -0.3 is 15.5 Å². The summed E-state index contributed by atoms with van der Waals surface area (Å²) in [4.78, 5) is 10.6. The van der Waals surface area contributed by atoms with E-state index in [9.17, 15) is 4.39 Å². The molecule has 0 spiro atoms. The highest BCUT2D eigenvalue weighted by Gasteiger charge is 2.34. The zero-order valence-corrected chi connectivity index (χ0v) is 15.3. The molecule has 142 valence electrons.